The van der Waals surface area contributed by atoms with Gasteiger partial charge in [-0.3, -0.25) is 4.31 Å². The average molecular weight is 369 g/mol. The van der Waals surface area contributed by atoms with Gasteiger partial charge < -0.3 is 5.73 Å². The zero-order valence-electron chi connectivity index (χ0n) is 11.9. The highest BCUT2D eigenvalue weighted by Crippen LogP contribution is 2.29. The number of para-hydroxylation sites is 1. The predicted octanol–water partition coefficient (Wildman–Crippen LogP) is 3.55. The van der Waals surface area contributed by atoms with Gasteiger partial charge in [-0.15, -0.1) is 0 Å². The van der Waals surface area contributed by atoms with Crippen LogP contribution < -0.4 is 10.0 Å². The highest BCUT2D eigenvalue weighted by molar-refractivity contribution is 9.10. The molecule has 0 bridgehead atoms. The first-order chi connectivity index (χ1) is 9.87. The van der Waals surface area contributed by atoms with Gasteiger partial charge in [-0.25, -0.2) is 8.42 Å². The van der Waals surface area contributed by atoms with E-state index in [2.05, 4.69) is 15.9 Å². The van der Waals surface area contributed by atoms with E-state index in [1.54, 1.807) is 18.2 Å². The summed E-state index contributed by atoms with van der Waals surface area (Å²) < 4.78 is 27.7. The van der Waals surface area contributed by atoms with Gasteiger partial charge in [0.15, 0.2) is 0 Å². The minimum absolute atomic E-state index is 0.188. The number of benzene rings is 2. The topological polar surface area (TPSA) is 63.4 Å². The summed E-state index contributed by atoms with van der Waals surface area (Å²) in [6.45, 7) is 4.05. The molecule has 0 saturated carbocycles. The molecule has 0 atom stereocenters. The fraction of sp³-hybridized carbons (Fsp3) is 0.200. The van der Waals surface area contributed by atoms with Crippen molar-refractivity contribution in [2.24, 2.45) is 0 Å². The summed E-state index contributed by atoms with van der Waals surface area (Å²) in [5.41, 5.74) is 7.79. The maximum atomic E-state index is 12.8. The fourth-order valence-electron chi connectivity index (χ4n) is 2.12. The molecular weight excluding hydrogens is 352 g/mol. The molecule has 0 spiro atoms. The number of sulfonamides is 1. The van der Waals surface area contributed by atoms with Crippen LogP contribution in [0.5, 0.6) is 0 Å². The normalized spacial score (nSPS) is 11.4. The van der Waals surface area contributed by atoms with Crippen LogP contribution in [0, 0.1) is 6.92 Å². The van der Waals surface area contributed by atoms with Crippen molar-refractivity contribution in [1.29, 1.82) is 0 Å². The number of halogens is 1. The second-order valence-corrected chi connectivity index (χ2v) is 7.36. The highest BCUT2D eigenvalue weighted by atomic mass is 79.9. The maximum Gasteiger partial charge on any atom is 0.264 e. The molecule has 0 fully saturated rings. The summed E-state index contributed by atoms with van der Waals surface area (Å²) >= 11 is 3.27. The third-order valence-electron chi connectivity index (χ3n) is 3.23. The lowest BCUT2D eigenvalue weighted by Gasteiger charge is -2.24. The van der Waals surface area contributed by atoms with Crippen LogP contribution in [0.4, 0.5) is 11.4 Å². The molecule has 0 heterocycles. The van der Waals surface area contributed by atoms with Gasteiger partial charge in [0, 0.05) is 16.7 Å². The van der Waals surface area contributed by atoms with Gasteiger partial charge in [0.05, 0.1) is 10.6 Å². The summed E-state index contributed by atoms with van der Waals surface area (Å²) in [6, 6.07) is 12.1. The van der Waals surface area contributed by atoms with Gasteiger partial charge in [0.2, 0.25) is 0 Å². The Labute approximate surface area is 133 Å². The van der Waals surface area contributed by atoms with Gasteiger partial charge in [-0.05, 0) is 59.6 Å². The van der Waals surface area contributed by atoms with Crippen molar-refractivity contribution in [3.63, 3.8) is 0 Å². The number of hydrogen-bond acceptors (Lipinski definition) is 3. The van der Waals surface area contributed by atoms with Gasteiger partial charge >= 0.3 is 0 Å². The molecule has 2 N–H and O–H groups in total. The lowest BCUT2D eigenvalue weighted by Crippen LogP contribution is -2.31. The second kappa shape index (κ2) is 6.07. The number of nitrogens with two attached hydrogens (primary N) is 1. The number of hydrogen-bond donors (Lipinski definition) is 1. The molecule has 112 valence electrons. The van der Waals surface area contributed by atoms with Crippen LogP contribution in [0.25, 0.3) is 0 Å². The van der Waals surface area contributed by atoms with E-state index in [0.717, 1.165) is 5.56 Å². The number of anilines is 2. The Kier molecular flexibility index (Phi) is 4.58. The van der Waals surface area contributed by atoms with Gasteiger partial charge in [-0.2, -0.15) is 0 Å². The molecule has 0 amide bonds. The van der Waals surface area contributed by atoms with Crippen molar-refractivity contribution in [3.8, 4) is 0 Å². The summed E-state index contributed by atoms with van der Waals surface area (Å²) in [4.78, 5) is 0.188. The van der Waals surface area contributed by atoms with Gasteiger partial charge in [0.25, 0.3) is 10.0 Å². The Hall–Kier alpha value is -1.53. The van der Waals surface area contributed by atoms with Gasteiger partial charge in [-0.1, -0.05) is 18.2 Å². The van der Waals surface area contributed by atoms with E-state index >= 15 is 0 Å². The van der Waals surface area contributed by atoms with Crippen LogP contribution in [-0.2, 0) is 10.0 Å². The fourth-order valence-corrected chi connectivity index (χ4v) is 3.94. The zero-order valence-corrected chi connectivity index (χ0v) is 14.3. The van der Waals surface area contributed by atoms with Crippen molar-refractivity contribution in [3.05, 3.63) is 52.5 Å². The summed E-state index contributed by atoms with van der Waals surface area (Å²) in [7, 11) is -3.63. The van der Waals surface area contributed by atoms with E-state index in [1.165, 1.54) is 10.4 Å². The Morgan fingerprint density at radius 3 is 2.43 bits per heavy atom. The molecule has 21 heavy (non-hydrogen) atoms. The first kappa shape index (κ1) is 15.9. The van der Waals surface area contributed by atoms with Crippen LogP contribution in [0.1, 0.15) is 12.5 Å². The van der Waals surface area contributed by atoms with Crippen molar-refractivity contribution in [1.82, 2.24) is 0 Å². The van der Waals surface area contributed by atoms with Crippen LogP contribution in [0.15, 0.2) is 51.8 Å². The molecule has 4 nitrogen and oxygen atoms in total. The first-order valence-corrected chi connectivity index (χ1v) is 8.74. The van der Waals surface area contributed by atoms with E-state index in [-0.39, 0.29) is 4.90 Å². The SMILES string of the molecule is CCN(c1ccccc1C)S(=O)(=O)c1ccc(Br)c(N)c1. The minimum Gasteiger partial charge on any atom is -0.398 e. The van der Waals surface area contributed by atoms with E-state index in [1.807, 2.05) is 32.0 Å². The summed E-state index contributed by atoms with van der Waals surface area (Å²) in [6.07, 6.45) is 0. The third kappa shape index (κ3) is 3.06. The lowest BCUT2D eigenvalue weighted by molar-refractivity contribution is 0.592. The molecule has 0 aliphatic rings. The number of aryl methyl sites for hydroxylation is 1. The first-order valence-electron chi connectivity index (χ1n) is 6.51. The van der Waals surface area contributed by atoms with Crippen molar-refractivity contribution in [2.45, 2.75) is 18.7 Å². The number of nitrogens with zero attached hydrogens (tertiary/aromatic N) is 1. The monoisotopic (exact) mass is 368 g/mol. The molecule has 0 unspecified atom stereocenters. The van der Waals surface area contributed by atoms with Crippen LogP contribution in [0.3, 0.4) is 0 Å². The quantitative estimate of drug-likeness (QED) is 0.839. The molecule has 2 aromatic carbocycles. The van der Waals surface area contributed by atoms with Gasteiger partial charge in [0.1, 0.15) is 0 Å². The number of rotatable bonds is 4. The standard InChI is InChI=1S/C15H17BrN2O2S/c1-3-18(15-7-5-4-6-11(15)2)21(19,20)12-8-9-13(16)14(17)10-12/h4-10H,3,17H2,1-2H3. The molecule has 2 rings (SSSR count). The minimum atomic E-state index is -3.63. The van der Waals surface area contributed by atoms with Crippen molar-refractivity contribution < 1.29 is 8.42 Å². The molecular formula is C15H17BrN2O2S. The smallest absolute Gasteiger partial charge is 0.264 e. The summed E-state index contributed by atoms with van der Waals surface area (Å²) in [5.74, 6) is 0. The molecule has 0 aliphatic heterocycles. The molecule has 0 aliphatic carbocycles. The molecule has 0 radical (unpaired) electrons. The average Bonchev–Trinajstić information content (AvgIpc) is 2.44. The largest absolute Gasteiger partial charge is 0.398 e. The van der Waals surface area contributed by atoms with Crippen LogP contribution >= 0.6 is 15.9 Å². The third-order valence-corrected chi connectivity index (χ3v) is 5.83. The Morgan fingerprint density at radius 2 is 1.86 bits per heavy atom. The van der Waals surface area contributed by atoms with E-state index < -0.39 is 10.0 Å². The molecule has 6 heteroatoms. The Bertz CT molecular complexity index is 760. The number of nitrogen functional groups attached to an aromatic ring is 1. The highest BCUT2D eigenvalue weighted by Gasteiger charge is 2.25. The van der Waals surface area contributed by atoms with Crippen LogP contribution in [0.2, 0.25) is 0 Å². The predicted molar refractivity (Wildman–Crippen MR) is 89.9 cm³/mol. The van der Waals surface area contributed by atoms with E-state index in [0.29, 0.717) is 22.4 Å². The van der Waals surface area contributed by atoms with Crippen LogP contribution in [-0.4, -0.2) is 15.0 Å². The molecule has 2 aromatic rings. The zero-order chi connectivity index (χ0) is 15.6. The second-order valence-electron chi connectivity index (χ2n) is 4.64. The van der Waals surface area contributed by atoms with E-state index in [4.69, 9.17) is 5.73 Å². The van der Waals surface area contributed by atoms with Crippen molar-refractivity contribution in [2.75, 3.05) is 16.6 Å². The Balaban J connectivity index is 2.55. The van der Waals surface area contributed by atoms with E-state index in [9.17, 15) is 8.42 Å². The maximum absolute atomic E-state index is 12.8. The Morgan fingerprint density at radius 1 is 1.19 bits per heavy atom. The molecule has 0 aromatic heterocycles. The lowest BCUT2D eigenvalue weighted by atomic mass is 10.2. The summed E-state index contributed by atoms with van der Waals surface area (Å²) in [5, 5.41) is 0. The molecule has 0 saturated heterocycles. The van der Waals surface area contributed by atoms with Crippen molar-refractivity contribution >= 4 is 37.3 Å².